The van der Waals surface area contributed by atoms with Crippen molar-refractivity contribution < 1.29 is 14.0 Å². The molecule has 170 valence electrons. The van der Waals surface area contributed by atoms with Crippen LogP contribution in [-0.4, -0.2) is 41.3 Å². The van der Waals surface area contributed by atoms with Crippen LogP contribution >= 0.6 is 21.6 Å². The maximum absolute atomic E-state index is 14.4. The van der Waals surface area contributed by atoms with Gasteiger partial charge in [0.05, 0.1) is 0 Å². The first-order valence-electron chi connectivity index (χ1n) is 10.9. The second-order valence-corrected chi connectivity index (χ2v) is 9.93. The highest BCUT2D eigenvalue weighted by atomic mass is 33.1. The Morgan fingerprint density at radius 2 is 1.87 bits per heavy atom. The molecule has 1 aromatic heterocycles. The zero-order chi connectivity index (χ0) is 22.1. The van der Waals surface area contributed by atoms with Gasteiger partial charge in [-0.1, -0.05) is 49.5 Å². The number of hydrogen-bond donors (Lipinski definition) is 2. The largest absolute Gasteiger partial charge is 0.355 e. The Bertz CT molecular complexity index is 603. The molecule has 0 fully saturated rings. The zero-order valence-electron chi connectivity index (χ0n) is 18.3. The van der Waals surface area contributed by atoms with E-state index in [1.165, 1.54) is 6.92 Å². The normalized spacial score (nSPS) is 12.9. The molecule has 8 heteroatoms. The number of nitrogens with one attached hydrogen (secondary N) is 2. The first kappa shape index (κ1) is 26.8. The summed E-state index contributed by atoms with van der Waals surface area (Å²) in [7, 11) is 3.27. The SMILES string of the molecule is CCCCCCC(C)(F)C(=O)NCCCCCC(=O)NCCSSc1ccccn1. The van der Waals surface area contributed by atoms with Gasteiger partial charge in [0.1, 0.15) is 5.03 Å². The van der Waals surface area contributed by atoms with E-state index < -0.39 is 11.6 Å². The van der Waals surface area contributed by atoms with Crippen molar-refractivity contribution in [2.75, 3.05) is 18.8 Å². The summed E-state index contributed by atoms with van der Waals surface area (Å²) in [6.07, 6.45) is 8.74. The maximum Gasteiger partial charge on any atom is 0.257 e. The number of unbranched alkanes of at least 4 members (excludes halogenated alkanes) is 5. The van der Waals surface area contributed by atoms with Gasteiger partial charge >= 0.3 is 0 Å². The molecule has 0 aromatic carbocycles. The average molecular weight is 458 g/mol. The van der Waals surface area contributed by atoms with E-state index in [1.807, 2.05) is 18.2 Å². The van der Waals surface area contributed by atoms with Crippen LogP contribution in [-0.2, 0) is 9.59 Å². The van der Waals surface area contributed by atoms with E-state index in [9.17, 15) is 14.0 Å². The third-order valence-electron chi connectivity index (χ3n) is 4.63. The molecule has 30 heavy (non-hydrogen) atoms. The van der Waals surface area contributed by atoms with Gasteiger partial charge in [-0.25, -0.2) is 9.37 Å². The Labute approximate surface area is 188 Å². The third kappa shape index (κ3) is 13.1. The molecule has 2 amide bonds. The minimum atomic E-state index is -1.79. The molecule has 0 aliphatic carbocycles. The van der Waals surface area contributed by atoms with Crippen LogP contribution < -0.4 is 10.6 Å². The molecule has 0 bridgehead atoms. The van der Waals surface area contributed by atoms with Crippen LogP contribution in [0.15, 0.2) is 29.4 Å². The van der Waals surface area contributed by atoms with Crippen molar-refractivity contribution in [3.63, 3.8) is 0 Å². The standard InChI is InChI=1S/C22H36FN3O2S2/c1-3-4-5-9-14-22(2,23)21(28)26-16-10-6-7-12-19(27)24-17-18-29-30-20-13-8-11-15-25-20/h8,11,13,15H,3-7,9-10,12,14,16-18H2,1-2H3,(H,24,27)(H,26,28). The van der Waals surface area contributed by atoms with E-state index in [0.29, 0.717) is 19.5 Å². The second kappa shape index (κ2) is 16.4. The molecule has 1 unspecified atom stereocenters. The predicted octanol–water partition coefficient (Wildman–Crippen LogP) is 5.31. The summed E-state index contributed by atoms with van der Waals surface area (Å²) >= 11 is 0. The maximum atomic E-state index is 14.4. The van der Waals surface area contributed by atoms with Crippen LogP contribution in [0.2, 0.25) is 0 Å². The van der Waals surface area contributed by atoms with Crippen LogP contribution in [0, 0.1) is 0 Å². The number of rotatable bonds is 17. The minimum Gasteiger partial charge on any atom is -0.355 e. The van der Waals surface area contributed by atoms with Gasteiger partial charge < -0.3 is 10.6 Å². The van der Waals surface area contributed by atoms with Gasteiger partial charge in [-0.3, -0.25) is 9.59 Å². The lowest BCUT2D eigenvalue weighted by molar-refractivity contribution is -0.132. The van der Waals surface area contributed by atoms with Crippen molar-refractivity contribution in [1.29, 1.82) is 0 Å². The number of nitrogens with zero attached hydrogens (tertiary/aromatic N) is 1. The van der Waals surface area contributed by atoms with Gasteiger partial charge in [-0.05, 0) is 55.5 Å². The molecule has 5 nitrogen and oxygen atoms in total. The van der Waals surface area contributed by atoms with Crippen LogP contribution in [0.25, 0.3) is 0 Å². The first-order valence-corrected chi connectivity index (χ1v) is 13.2. The number of aromatic nitrogens is 1. The molecule has 1 atom stereocenters. The molecule has 0 aliphatic heterocycles. The number of halogens is 1. The minimum absolute atomic E-state index is 0.0471. The van der Waals surface area contributed by atoms with Gasteiger partial charge in [0.2, 0.25) is 5.91 Å². The topological polar surface area (TPSA) is 71.1 Å². The van der Waals surface area contributed by atoms with E-state index in [-0.39, 0.29) is 12.3 Å². The highest BCUT2D eigenvalue weighted by Gasteiger charge is 2.31. The number of amides is 2. The molecule has 1 heterocycles. The molecule has 1 rings (SSSR count). The fourth-order valence-corrected chi connectivity index (χ4v) is 4.58. The number of carbonyl (C=O) groups is 2. The summed E-state index contributed by atoms with van der Waals surface area (Å²) < 4.78 is 14.4. The fraction of sp³-hybridized carbons (Fsp3) is 0.682. The van der Waals surface area contributed by atoms with Crippen LogP contribution in [0.3, 0.4) is 0 Å². The third-order valence-corrected chi connectivity index (χ3v) is 6.90. The van der Waals surface area contributed by atoms with Gasteiger partial charge in [0.15, 0.2) is 5.67 Å². The molecule has 0 saturated carbocycles. The number of carbonyl (C=O) groups excluding carboxylic acids is 2. The van der Waals surface area contributed by atoms with Crippen LogP contribution in [0.1, 0.15) is 71.6 Å². The molecule has 0 aliphatic rings. The Kier molecular flexibility index (Phi) is 14.6. The van der Waals surface area contributed by atoms with Gasteiger partial charge in [-0.2, -0.15) is 0 Å². The summed E-state index contributed by atoms with van der Waals surface area (Å²) in [6, 6.07) is 5.80. The van der Waals surface area contributed by atoms with E-state index >= 15 is 0 Å². The van der Waals surface area contributed by atoms with Crippen molar-refractivity contribution in [2.24, 2.45) is 0 Å². The lowest BCUT2D eigenvalue weighted by atomic mass is 9.98. The second-order valence-electron chi connectivity index (χ2n) is 7.50. The summed E-state index contributed by atoms with van der Waals surface area (Å²) in [4.78, 5) is 28.0. The molecule has 0 spiro atoms. The molecule has 0 saturated heterocycles. The lowest BCUT2D eigenvalue weighted by Gasteiger charge is -2.19. The Morgan fingerprint density at radius 3 is 2.60 bits per heavy atom. The molecule has 0 radical (unpaired) electrons. The van der Waals surface area contributed by atoms with Crippen molar-refractivity contribution in [3.8, 4) is 0 Å². The quantitative estimate of drug-likeness (QED) is 0.245. The van der Waals surface area contributed by atoms with Crippen molar-refractivity contribution in [3.05, 3.63) is 24.4 Å². The van der Waals surface area contributed by atoms with E-state index in [1.54, 1.807) is 27.8 Å². The van der Waals surface area contributed by atoms with E-state index in [0.717, 1.165) is 55.7 Å². The average Bonchev–Trinajstić information content (AvgIpc) is 2.74. The molecular weight excluding hydrogens is 421 g/mol. The van der Waals surface area contributed by atoms with Crippen molar-refractivity contribution in [2.45, 2.75) is 82.3 Å². The van der Waals surface area contributed by atoms with E-state index in [2.05, 4.69) is 22.5 Å². The number of alkyl halides is 1. The monoisotopic (exact) mass is 457 g/mol. The highest BCUT2D eigenvalue weighted by molar-refractivity contribution is 8.76. The highest BCUT2D eigenvalue weighted by Crippen LogP contribution is 2.28. The molecular formula is C22H36FN3O2S2. The predicted molar refractivity (Wildman–Crippen MR) is 125 cm³/mol. The van der Waals surface area contributed by atoms with Gasteiger partial charge in [0, 0.05) is 31.5 Å². The lowest BCUT2D eigenvalue weighted by Crippen LogP contribution is -2.41. The fourth-order valence-electron chi connectivity index (χ4n) is 2.79. The first-order chi connectivity index (χ1) is 14.5. The number of hydrogen-bond acceptors (Lipinski definition) is 5. The summed E-state index contributed by atoms with van der Waals surface area (Å²) in [5.74, 6) is 0.350. The molecule has 2 N–H and O–H groups in total. The Balaban J connectivity index is 1.97. The summed E-state index contributed by atoms with van der Waals surface area (Å²) in [5.41, 5.74) is -1.79. The van der Waals surface area contributed by atoms with Crippen LogP contribution in [0.5, 0.6) is 0 Å². The van der Waals surface area contributed by atoms with Gasteiger partial charge in [0.25, 0.3) is 5.91 Å². The zero-order valence-corrected chi connectivity index (χ0v) is 19.9. The van der Waals surface area contributed by atoms with Gasteiger partial charge in [-0.15, -0.1) is 0 Å². The van der Waals surface area contributed by atoms with E-state index in [4.69, 9.17) is 0 Å². The Hall–Kier alpha value is -1.28. The smallest absolute Gasteiger partial charge is 0.257 e. The van der Waals surface area contributed by atoms with Crippen molar-refractivity contribution >= 4 is 33.4 Å². The Morgan fingerprint density at radius 1 is 1.07 bits per heavy atom. The van der Waals surface area contributed by atoms with Crippen molar-refractivity contribution in [1.82, 2.24) is 15.6 Å². The number of pyridine rings is 1. The summed E-state index contributed by atoms with van der Waals surface area (Å²) in [6.45, 7) is 4.56. The molecule has 1 aromatic rings. The summed E-state index contributed by atoms with van der Waals surface area (Å²) in [5, 5.41) is 6.57. The van der Waals surface area contributed by atoms with Crippen LogP contribution in [0.4, 0.5) is 4.39 Å².